The lowest BCUT2D eigenvalue weighted by Crippen LogP contribution is -2.39. The van der Waals surface area contributed by atoms with Gasteiger partial charge >= 0.3 is 10.1 Å². The molecule has 0 radical (unpaired) electrons. The van der Waals surface area contributed by atoms with E-state index in [1.165, 1.54) is 30.7 Å². The van der Waals surface area contributed by atoms with Crippen molar-refractivity contribution in [3.63, 3.8) is 0 Å². The molecule has 1 atom stereocenters. The molecule has 9 nitrogen and oxygen atoms in total. The minimum Gasteiger partial charge on any atom is -0.493 e. The maximum Gasteiger partial charge on any atom is 0.358 e. The third-order valence-electron chi connectivity index (χ3n) is 6.94. The van der Waals surface area contributed by atoms with Gasteiger partial charge in [0.15, 0.2) is 11.5 Å². The number of nitrogens with zero attached hydrogens (tertiary/aromatic N) is 2. The van der Waals surface area contributed by atoms with Crippen LogP contribution in [0.15, 0.2) is 69.5 Å². The Balaban J connectivity index is 1.60. The van der Waals surface area contributed by atoms with E-state index < -0.39 is 26.2 Å². The van der Waals surface area contributed by atoms with E-state index in [0.717, 1.165) is 22.3 Å². The molecular weight excluding hydrogens is 528 g/mol. The molecule has 3 aromatic carbocycles. The van der Waals surface area contributed by atoms with E-state index in [9.17, 15) is 16.8 Å². The van der Waals surface area contributed by atoms with Crippen molar-refractivity contribution in [2.45, 2.75) is 42.5 Å². The summed E-state index contributed by atoms with van der Waals surface area (Å²) in [5.74, 6) is 0.796. The maximum absolute atomic E-state index is 13.7. The van der Waals surface area contributed by atoms with Gasteiger partial charge in [0, 0.05) is 13.0 Å². The second-order valence-corrected chi connectivity index (χ2v) is 12.8. The third kappa shape index (κ3) is 4.44. The SMILES string of the molecule is COc1cc2c3c(c1OC)/C(=N\OS(=O)(=O)c1ccc(C)cc1)CC3N(S(=O)(=O)c1ccc(C)cc1)CC2. The fourth-order valence-electron chi connectivity index (χ4n) is 5.01. The topological polar surface area (TPSA) is 112 Å². The standard InChI is InChI=1S/C27H28N2O7S2/c1-17-5-9-20(10-6-17)37(30,31)29-14-13-19-15-24(34-3)27(35-4)26-22(16-23(29)25(19)26)28-36-38(32,33)21-11-7-18(2)8-12-21/h5-12,15,23H,13-14,16H2,1-4H3/b28-22-. The Hall–Kier alpha value is -3.41. The lowest BCUT2D eigenvalue weighted by Gasteiger charge is -2.34. The van der Waals surface area contributed by atoms with Gasteiger partial charge in [-0.3, -0.25) is 4.28 Å². The molecule has 0 fully saturated rings. The van der Waals surface area contributed by atoms with Gasteiger partial charge in [0.2, 0.25) is 10.0 Å². The third-order valence-corrected chi connectivity index (χ3v) is 9.98. The van der Waals surface area contributed by atoms with Crippen LogP contribution in [0.3, 0.4) is 0 Å². The number of benzene rings is 3. The van der Waals surface area contributed by atoms with Gasteiger partial charge in [-0.1, -0.05) is 40.5 Å². The van der Waals surface area contributed by atoms with Crippen molar-refractivity contribution in [3.8, 4) is 11.5 Å². The molecule has 200 valence electrons. The predicted octanol–water partition coefficient (Wildman–Crippen LogP) is 4.12. The highest BCUT2D eigenvalue weighted by atomic mass is 32.2. The second kappa shape index (κ2) is 9.72. The summed E-state index contributed by atoms with van der Waals surface area (Å²) in [5, 5.41) is 4.06. The van der Waals surface area contributed by atoms with Gasteiger partial charge in [-0.15, -0.1) is 0 Å². The Bertz CT molecular complexity index is 1630. The largest absolute Gasteiger partial charge is 0.493 e. The molecule has 1 heterocycles. The summed E-state index contributed by atoms with van der Waals surface area (Å²) in [6, 6.07) is 14.2. The molecule has 5 rings (SSSR count). The molecule has 0 spiro atoms. The average molecular weight is 557 g/mol. The number of aryl methyl sites for hydroxylation is 2. The van der Waals surface area contributed by atoms with Crippen molar-refractivity contribution < 1.29 is 30.6 Å². The Labute approximate surface area is 222 Å². The highest BCUT2D eigenvalue weighted by Crippen LogP contribution is 2.50. The molecule has 3 aromatic rings. The van der Waals surface area contributed by atoms with Crippen LogP contribution in [0.2, 0.25) is 0 Å². The molecule has 0 bridgehead atoms. The smallest absolute Gasteiger partial charge is 0.358 e. The Morgan fingerprint density at radius 2 is 1.47 bits per heavy atom. The minimum absolute atomic E-state index is 0.0339. The van der Waals surface area contributed by atoms with Crippen molar-refractivity contribution in [3.05, 3.63) is 82.4 Å². The molecular formula is C27H28N2O7S2. The Kier molecular flexibility index (Phi) is 6.70. The summed E-state index contributed by atoms with van der Waals surface area (Å²) in [6.07, 6.45) is 0.556. The summed E-state index contributed by atoms with van der Waals surface area (Å²) >= 11 is 0. The first-order valence-electron chi connectivity index (χ1n) is 12.0. The number of hydrogen-bond acceptors (Lipinski definition) is 8. The zero-order valence-corrected chi connectivity index (χ0v) is 23.1. The van der Waals surface area contributed by atoms with Crippen LogP contribution in [0.25, 0.3) is 0 Å². The van der Waals surface area contributed by atoms with Gasteiger partial charge < -0.3 is 9.47 Å². The molecule has 38 heavy (non-hydrogen) atoms. The number of rotatable bonds is 7. The number of methoxy groups -OCH3 is 2. The molecule has 11 heteroatoms. The first-order chi connectivity index (χ1) is 18.1. The van der Waals surface area contributed by atoms with Gasteiger partial charge in [-0.2, -0.15) is 12.7 Å². The van der Waals surface area contributed by atoms with E-state index in [2.05, 4.69) is 5.16 Å². The molecule has 2 aliphatic rings. The summed E-state index contributed by atoms with van der Waals surface area (Å²) in [5.41, 5.74) is 4.23. The maximum atomic E-state index is 13.7. The van der Waals surface area contributed by atoms with Crippen LogP contribution in [-0.2, 0) is 30.8 Å². The van der Waals surface area contributed by atoms with Crippen LogP contribution in [0.4, 0.5) is 0 Å². The Morgan fingerprint density at radius 3 is 2.05 bits per heavy atom. The van der Waals surface area contributed by atoms with Crippen LogP contribution in [-0.4, -0.2) is 47.6 Å². The van der Waals surface area contributed by atoms with Crippen LogP contribution in [0.5, 0.6) is 11.5 Å². The first kappa shape index (κ1) is 26.2. The molecule has 0 amide bonds. The fourth-order valence-corrected chi connectivity index (χ4v) is 7.35. The molecule has 1 aliphatic carbocycles. The lowest BCUT2D eigenvalue weighted by atomic mass is 9.94. The Morgan fingerprint density at radius 1 is 0.868 bits per heavy atom. The second-order valence-electron chi connectivity index (χ2n) is 9.34. The number of sulfonamides is 1. The van der Waals surface area contributed by atoms with Gasteiger partial charge in [0.25, 0.3) is 0 Å². The van der Waals surface area contributed by atoms with E-state index in [1.54, 1.807) is 36.4 Å². The minimum atomic E-state index is -4.20. The van der Waals surface area contributed by atoms with E-state index in [1.807, 2.05) is 19.9 Å². The summed E-state index contributed by atoms with van der Waals surface area (Å²) in [7, 11) is -5.07. The first-order valence-corrected chi connectivity index (χ1v) is 14.9. The number of oxime groups is 1. The van der Waals surface area contributed by atoms with Gasteiger partial charge in [0.05, 0.1) is 36.4 Å². The average Bonchev–Trinajstić information content (AvgIpc) is 3.28. The van der Waals surface area contributed by atoms with Gasteiger partial charge in [-0.05, 0) is 61.7 Å². The molecule has 0 aromatic heterocycles. The van der Waals surface area contributed by atoms with Crippen LogP contribution < -0.4 is 9.47 Å². The summed E-state index contributed by atoms with van der Waals surface area (Å²) in [4.78, 5) is 0.158. The van der Waals surface area contributed by atoms with Crippen LogP contribution in [0.1, 0.15) is 40.3 Å². The molecule has 0 N–H and O–H groups in total. The lowest BCUT2D eigenvalue weighted by molar-refractivity contribution is 0.312. The number of ether oxygens (including phenoxy) is 2. The normalized spacial score (nSPS) is 18.3. The molecule has 0 saturated carbocycles. The van der Waals surface area contributed by atoms with Crippen LogP contribution in [0, 0.1) is 13.8 Å². The highest BCUT2D eigenvalue weighted by molar-refractivity contribution is 7.89. The number of hydrogen-bond donors (Lipinski definition) is 0. The molecule has 1 unspecified atom stereocenters. The molecule has 1 aliphatic heterocycles. The fraction of sp³-hybridized carbons (Fsp3) is 0.296. The summed E-state index contributed by atoms with van der Waals surface area (Å²) in [6.45, 7) is 3.99. The van der Waals surface area contributed by atoms with E-state index in [4.69, 9.17) is 13.8 Å². The van der Waals surface area contributed by atoms with E-state index >= 15 is 0 Å². The monoisotopic (exact) mass is 556 g/mol. The zero-order valence-electron chi connectivity index (χ0n) is 21.5. The van der Waals surface area contributed by atoms with Crippen molar-refractivity contribution in [1.82, 2.24) is 4.31 Å². The van der Waals surface area contributed by atoms with E-state index in [0.29, 0.717) is 23.5 Å². The quantitative estimate of drug-likeness (QED) is 0.403. The highest BCUT2D eigenvalue weighted by Gasteiger charge is 2.45. The van der Waals surface area contributed by atoms with Crippen molar-refractivity contribution in [2.75, 3.05) is 20.8 Å². The van der Waals surface area contributed by atoms with Crippen molar-refractivity contribution in [1.29, 1.82) is 0 Å². The van der Waals surface area contributed by atoms with Gasteiger partial charge in [-0.25, -0.2) is 8.42 Å². The van der Waals surface area contributed by atoms with Crippen molar-refractivity contribution in [2.24, 2.45) is 5.16 Å². The predicted molar refractivity (Wildman–Crippen MR) is 142 cm³/mol. The van der Waals surface area contributed by atoms with Gasteiger partial charge in [0.1, 0.15) is 4.90 Å². The summed E-state index contributed by atoms with van der Waals surface area (Å²) < 4.78 is 70.9. The van der Waals surface area contributed by atoms with Crippen LogP contribution >= 0.6 is 0 Å². The van der Waals surface area contributed by atoms with E-state index in [-0.39, 0.29) is 28.5 Å². The zero-order chi connectivity index (χ0) is 27.2. The molecule has 0 saturated heterocycles. The van der Waals surface area contributed by atoms with Crippen molar-refractivity contribution >= 4 is 25.9 Å².